The molecule has 1 fully saturated rings. The first-order valence-electron chi connectivity index (χ1n) is 4.55. The summed E-state index contributed by atoms with van der Waals surface area (Å²) >= 11 is 0. The summed E-state index contributed by atoms with van der Waals surface area (Å²) in [6.07, 6.45) is 7.24. The highest BCUT2D eigenvalue weighted by Gasteiger charge is 2.28. The molecule has 1 unspecified atom stereocenters. The third-order valence-electron chi connectivity index (χ3n) is 2.63. The van der Waals surface area contributed by atoms with Gasteiger partial charge in [0, 0.05) is 5.54 Å². The molecule has 2 heterocycles. The molecule has 12 heavy (non-hydrogen) atoms. The van der Waals surface area contributed by atoms with Crippen molar-refractivity contribution in [3.8, 4) is 0 Å². The zero-order chi connectivity index (χ0) is 8.44. The monoisotopic (exact) mass is 165 g/mol. The molecule has 0 aliphatic carbocycles. The van der Waals surface area contributed by atoms with Crippen molar-refractivity contribution in [3.05, 3.63) is 24.2 Å². The number of furan rings is 1. The molecule has 1 aromatic heterocycles. The van der Waals surface area contributed by atoms with Crippen LogP contribution >= 0.6 is 0 Å². The fourth-order valence-corrected chi connectivity index (χ4v) is 1.95. The quantitative estimate of drug-likeness (QED) is 0.724. The van der Waals surface area contributed by atoms with E-state index in [1.165, 1.54) is 18.4 Å². The van der Waals surface area contributed by atoms with Crippen molar-refractivity contribution in [3.63, 3.8) is 0 Å². The van der Waals surface area contributed by atoms with E-state index < -0.39 is 0 Å². The average molecular weight is 165 g/mol. The van der Waals surface area contributed by atoms with Crippen LogP contribution in [0.25, 0.3) is 0 Å². The maximum absolute atomic E-state index is 5.04. The van der Waals surface area contributed by atoms with Gasteiger partial charge in [-0.2, -0.15) is 0 Å². The fraction of sp³-hybridized carbons (Fsp3) is 0.600. The smallest absolute Gasteiger partial charge is 0.0935 e. The SMILES string of the molecule is CC1(Cc2ccoc2)CCCN1. The molecule has 0 aromatic carbocycles. The Morgan fingerprint density at radius 3 is 3.17 bits per heavy atom. The largest absolute Gasteiger partial charge is 0.472 e. The van der Waals surface area contributed by atoms with E-state index in [4.69, 9.17) is 4.42 Å². The number of rotatable bonds is 2. The Balaban J connectivity index is 2.02. The third kappa shape index (κ3) is 1.53. The van der Waals surface area contributed by atoms with E-state index >= 15 is 0 Å². The van der Waals surface area contributed by atoms with Gasteiger partial charge in [0.05, 0.1) is 12.5 Å². The van der Waals surface area contributed by atoms with E-state index in [1.807, 2.05) is 12.3 Å². The molecule has 1 aromatic rings. The zero-order valence-corrected chi connectivity index (χ0v) is 7.47. The van der Waals surface area contributed by atoms with Crippen molar-refractivity contribution in [1.82, 2.24) is 5.32 Å². The van der Waals surface area contributed by atoms with Crippen molar-refractivity contribution < 1.29 is 4.42 Å². The lowest BCUT2D eigenvalue weighted by atomic mass is 9.93. The van der Waals surface area contributed by atoms with Crippen molar-refractivity contribution in [1.29, 1.82) is 0 Å². The number of hydrogen-bond donors (Lipinski definition) is 1. The molecule has 1 aliphatic rings. The van der Waals surface area contributed by atoms with E-state index in [-0.39, 0.29) is 0 Å². The summed E-state index contributed by atoms with van der Waals surface area (Å²) in [7, 11) is 0. The van der Waals surface area contributed by atoms with Crippen LogP contribution in [0.15, 0.2) is 23.0 Å². The number of nitrogens with one attached hydrogen (secondary N) is 1. The molecule has 1 saturated heterocycles. The fourth-order valence-electron chi connectivity index (χ4n) is 1.95. The van der Waals surface area contributed by atoms with Crippen LogP contribution < -0.4 is 5.32 Å². The van der Waals surface area contributed by atoms with Crippen LogP contribution in [-0.4, -0.2) is 12.1 Å². The molecular formula is C10H15NO. The first-order valence-corrected chi connectivity index (χ1v) is 4.55. The Bertz CT molecular complexity index is 234. The van der Waals surface area contributed by atoms with Gasteiger partial charge in [-0.05, 0) is 44.4 Å². The highest BCUT2D eigenvalue weighted by atomic mass is 16.3. The van der Waals surface area contributed by atoms with Crippen LogP contribution in [0.4, 0.5) is 0 Å². The highest BCUT2D eigenvalue weighted by molar-refractivity contribution is 5.11. The molecule has 1 aliphatic heterocycles. The lowest BCUT2D eigenvalue weighted by Gasteiger charge is -2.23. The predicted octanol–water partition coefficient (Wildman–Crippen LogP) is 1.96. The average Bonchev–Trinajstić information content (AvgIpc) is 2.62. The van der Waals surface area contributed by atoms with E-state index in [0.29, 0.717) is 5.54 Å². The van der Waals surface area contributed by atoms with Gasteiger partial charge in [0.2, 0.25) is 0 Å². The van der Waals surface area contributed by atoms with Crippen LogP contribution in [-0.2, 0) is 6.42 Å². The lowest BCUT2D eigenvalue weighted by molar-refractivity contribution is 0.410. The normalized spacial score (nSPS) is 29.4. The van der Waals surface area contributed by atoms with Crippen LogP contribution in [0.1, 0.15) is 25.3 Å². The van der Waals surface area contributed by atoms with Gasteiger partial charge in [-0.3, -0.25) is 0 Å². The van der Waals surface area contributed by atoms with Gasteiger partial charge in [-0.25, -0.2) is 0 Å². The predicted molar refractivity (Wildman–Crippen MR) is 48.1 cm³/mol. The minimum atomic E-state index is 0.309. The molecule has 2 heteroatoms. The third-order valence-corrected chi connectivity index (χ3v) is 2.63. The Kier molecular flexibility index (Phi) is 1.93. The Labute approximate surface area is 73.0 Å². The van der Waals surface area contributed by atoms with E-state index in [1.54, 1.807) is 6.26 Å². The van der Waals surface area contributed by atoms with Crippen molar-refractivity contribution >= 4 is 0 Å². The van der Waals surface area contributed by atoms with Gasteiger partial charge in [0.15, 0.2) is 0 Å². The van der Waals surface area contributed by atoms with E-state index in [0.717, 1.165) is 13.0 Å². The van der Waals surface area contributed by atoms with Crippen LogP contribution in [0.2, 0.25) is 0 Å². The van der Waals surface area contributed by atoms with Gasteiger partial charge in [-0.1, -0.05) is 0 Å². The topological polar surface area (TPSA) is 25.2 Å². The minimum Gasteiger partial charge on any atom is -0.472 e. The molecule has 0 bridgehead atoms. The van der Waals surface area contributed by atoms with Gasteiger partial charge in [-0.15, -0.1) is 0 Å². The minimum absolute atomic E-state index is 0.309. The lowest BCUT2D eigenvalue weighted by Crippen LogP contribution is -2.38. The molecule has 0 amide bonds. The summed E-state index contributed by atoms with van der Waals surface area (Å²) in [5.41, 5.74) is 1.61. The molecule has 1 atom stereocenters. The maximum Gasteiger partial charge on any atom is 0.0935 e. The Morgan fingerprint density at radius 1 is 1.67 bits per heavy atom. The molecule has 2 nitrogen and oxygen atoms in total. The zero-order valence-electron chi connectivity index (χ0n) is 7.47. The van der Waals surface area contributed by atoms with Gasteiger partial charge >= 0.3 is 0 Å². The summed E-state index contributed by atoms with van der Waals surface area (Å²) in [4.78, 5) is 0. The molecule has 66 valence electrons. The maximum atomic E-state index is 5.04. The second-order valence-electron chi connectivity index (χ2n) is 3.90. The summed E-state index contributed by atoms with van der Waals surface area (Å²) in [6, 6.07) is 2.05. The highest BCUT2D eigenvalue weighted by Crippen LogP contribution is 2.23. The van der Waals surface area contributed by atoms with Crippen molar-refractivity contribution in [2.24, 2.45) is 0 Å². The van der Waals surface area contributed by atoms with Crippen LogP contribution in [0.5, 0.6) is 0 Å². The molecule has 0 saturated carbocycles. The Morgan fingerprint density at radius 2 is 2.58 bits per heavy atom. The summed E-state index contributed by atoms with van der Waals surface area (Å²) < 4.78 is 5.04. The summed E-state index contributed by atoms with van der Waals surface area (Å²) in [5.74, 6) is 0. The second kappa shape index (κ2) is 2.94. The molecule has 0 radical (unpaired) electrons. The second-order valence-corrected chi connectivity index (χ2v) is 3.90. The standard InChI is InChI=1S/C10H15NO/c1-10(4-2-5-11-10)7-9-3-6-12-8-9/h3,6,8,11H,2,4-5,7H2,1H3. The molecule has 2 rings (SSSR count). The Hall–Kier alpha value is -0.760. The van der Waals surface area contributed by atoms with E-state index in [2.05, 4.69) is 12.2 Å². The first kappa shape index (κ1) is 7.87. The van der Waals surface area contributed by atoms with Crippen molar-refractivity contribution in [2.45, 2.75) is 31.7 Å². The van der Waals surface area contributed by atoms with E-state index in [9.17, 15) is 0 Å². The van der Waals surface area contributed by atoms with Gasteiger partial charge < -0.3 is 9.73 Å². The molecule has 1 N–H and O–H groups in total. The molecule has 0 spiro atoms. The summed E-state index contributed by atoms with van der Waals surface area (Å²) in [5, 5.41) is 3.53. The number of hydrogen-bond acceptors (Lipinski definition) is 2. The van der Waals surface area contributed by atoms with Gasteiger partial charge in [0.1, 0.15) is 0 Å². The van der Waals surface area contributed by atoms with Crippen LogP contribution in [0, 0.1) is 0 Å². The van der Waals surface area contributed by atoms with Gasteiger partial charge in [0.25, 0.3) is 0 Å². The molecular weight excluding hydrogens is 150 g/mol. The van der Waals surface area contributed by atoms with Crippen molar-refractivity contribution in [2.75, 3.05) is 6.54 Å². The van der Waals surface area contributed by atoms with Crippen LogP contribution in [0.3, 0.4) is 0 Å². The summed E-state index contributed by atoms with van der Waals surface area (Å²) in [6.45, 7) is 3.45. The first-order chi connectivity index (χ1) is 5.79.